The van der Waals surface area contributed by atoms with Gasteiger partial charge in [0, 0.05) is 49.5 Å². The van der Waals surface area contributed by atoms with Crippen LogP contribution < -0.4 is 24.8 Å². The number of piperidine rings is 1. The molecule has 0 spiro atoms. The Morgan fingerprint density at radius 1 is 0.959 bits per heavy atom. The molecule has 0 radical (unpaired) electrons. The summed E-state index contributed by atoms with van der Waals surface area (Å²) in [7, 11) is -2.06. The van der Waals surface area contributed by atoms with Gasteiger partial charge in [-0.25, -0.2) is 12.8 Å². The molecule has 3 heterocycles. The fraction of sp³-hybridized carbons (Fsp3) is 0.250. The summed E-state index contributed by atoms with van der Waals surface area (Å²) < 4.78 is 57.2. The average molecular weight is 688 g/mol. The van der Waals surface area contributed by atoms with Crippen LogP contribution in [0.15, 0.2) is 89.8 Å². The van der Waals surface area contributed by atoms with Crippen LogP contribution in [0.4, 0.5) is 4.39 Å². The van der Waals surface area contributed by atoms with Crippen molar-refractivity contribution in [1.29, 1.82) is 0 Å². The van der Waals surface area contributed by atoms with E-state index in [0.717, 1.165) is 6.26 Å². The molecule has 3 amide bonds. The van der Waals surface area contributed by atoms with E-state index in [1.54, 1.807) is 42.5 Å². The maximum absolute atomic E-state index is 15.2. The molecule has 7 rings (SSSR count). The number of carbonyl (C=O) groups is 3. The number of fused-ring (bicyclic) bond motifs is 7. The average Bonchev–Trinajstić information content (AvgIpc) is 3.10. The third-order valence-electron chi connectivity index (χ3n) is 8.43. The van der Waals surface area contributed by atoms with Crippen LogP contribution >= 0.6 is 0 Å². The standard InChI is InChI=1S/C36H34FN3O8S/c1-46-33-18-27-11-9-25(33)19-38-34(41)21-47-26-7-3-5-22(15-26)23-10-12-30(37)29(17-23)35(42)39-31-20-40(14-13-32(31)48-27)36(43)24-6-4-8-28(16-24)49(2,44)45/h3-12,15-18,31-32H,13-14,19-21H2,1-2H3,(H,38,41)(H,39,42)/t31-,32+/m1/s1. The van der Waals surface area contributed by atoms with E-state index in [2.05, 4.69) is 10.6 Å². The zero-order chi connectivity index (χ0) is 34.7. The molecule has 2 N–H and O–H groups in total. The van der Waals surface area contributed by atoms with Crippen molar-refractivity contribution in [2.75, 3.05) is 33.1 Å². The first-order valence-electron chi connectivity index (χ1n) is 15.5. The van der Waals surface area contributed by atoms with Crippen LogP contribution in [0.1, 0.15) is 32.7 Å². The third-order valence-corrected chi connectivity index (χ3v) is 9.54. The lowest BCUT2D eigenvalue weighted by atomic mass is 9.99. The van der Waals surface area contributed by atoms with Crippen LogP contribution in [0, 0.1) is 5.82 Å². The quantitative estimate of drug-likeness (QED) is 0.330. The summed E-state index contributed by atoms with van der Waals surface area (Å²) in [5.74, 6) is -0.944. The summed E-state index contributed by atoms with van der Waals surface area (Å²) in [6.07, 6.45) is 0.713. The van der Waals surface area contributed by atoms with Gasteiger partial charge in [-0.2, -0.15) is 0 Å². The Morgan fingerprint density at radius 2 is 1.76 bits per heavy atom. The molecular formula is C36H34FN3O8S. The summed E-state index contributed by atoms with van der Waals surface area (Å²) >= 11 is 0. The lowest BCUT2D eigenvalue weighted by Gasteiger charge is -2.39. The van der Waals surface area contributed by atoms with Crippen molar-refractivity contribution in [3.8, 4) is 28.4 Å². The highest BCUT2D eigenvalue weighted by Crippen LogP contribution is 2.29. The van der Waals surface area contributed by atoms with Crippen molar-refractivity contribution in [3.63, 3.8) is 0 Å². The van der Waals surface area contributed by atoms with Crippen LogP contribution in [0.3, 0.4) is 0 Å². The van der Waals surface area contributed by atoms with Gasteiger partial charge < -0.3 is 29.7 Å². The van der Waals surface area contributed by atoms with E-state index >= 15 is 4.39 Å². The van der Waals surface area contributed by atoms with Crippen LogP contribution in [-0.4, -0.2) is 76.2 Å². The first kappa shape index (κ1) is 33.5. The van der Waals surface area contributed by atoms with Crippen molar-refractivity contribution in [2.45, 2.75) is 30.0 Å². The second-order valence-corrected chi connectivity index (χ2v) is 13.9. The molecule has 13 heteroatoms. The minimum atomic E-state index is -3.56. The van der Waals surface area contributed by atoms with E-state index in [1.165, 1.54) is 54.5 Å². The van der Waals surface area contributed by atoms with E-state index in [-0.39, 0.29) is 54.6 Å². The largest absolute Gasteiger partial charge is 0.496 e. The first-order chi connectivity index (χ1) is 23.5. The molecule has 0 unspecified atom stereocenters. The number of likely N-dealkylation sites (tertiary alicyclic amines) is 1. The number of amides is 3. The Labute approximate surface area is 282 Å². The highest BCUT2D eigenvalue weighted by Gasteiger charge is 2.35. The number of carbonyl (C=O) groups excluding carboxylic acids is 3. The Bertz CT molecular complexity index is 2040. The van der Waals surface area contributed by atoms with Gasteiger partial charge in [-0.05, 0) is 65.7 Å². The van der Waals surface area contributed by atoms with Gasteiger partial charge in [-0.15, -0.1) is 0 Å². The monoisotopic (exact) mass is 687 g/mol. The molecule has 0 aliphatic carbocycles. The predicted molar refractivity (Wildman–Crippen MR) is 178 cm³/mol. The number of nitrogens with zero attached hydrogens (tertiary/aromatic N) is 1. The molecule has 254 valence electrons. The number of nitrogens with one attached hydrogen (secondary N) is 2. The Morgan fingerprint density at radius 3 is 2.55 bits per heavy atom. The molecule has 6 bridgehead atoms. The summed E-state index contributed by atoms with van der Waals surface area (Å²) in [4.78, 5) is 41.5. The minimum absolute atomic E-state index is 0.000284. The number of hydrogen-bond acceptors (Lipinski definition) is 8. The molecule has 2 atom stereocenters. The summed E-state index contributed by atoms with van der Waals surface area (Å²) in [6.45, 7) is 0.169. The van der Waals surface area contributed by atoms with Crippen LogP contribution in [0.25, 0.3) is 11.1 Å². The van der Waals surface area contributed by atoms with E-state index in [4.69, 9.17) is 14.2 Å². The van der Waals surface area contributed by atoms with Crippen molar-refractivity contribution < 1.29 is 41.4 Å². The van der Waals surface area contributed by atoms with Gasteiger partial charge in [0.1, 0.15) is 29.2 Å². The number of hydrogen-bond donors (Lipinski definition) is 2. The van der Waals surface area contributed by atoms with Gasteiger partial charge in [-0.3, -0.25) is 14.4 Å². The molecule has 3 aliphatic rings. The number of benzene rings is 4. The Balaban J connectivity index is 1.36. The number of sulfone groups is 1. The van der Waals surface area contributed by atoms with Gasteiger partial charge in [0.2, 0.25) is 0 Å². The van der Waals surface area contributed by atoms with Crippen LogP contribution in [-0.2, 0) is 21.2 Å². The van der Waals surface area contributed by atoms with Crippen molar-refractivity contribution in [3.05, 3.63) is 107 Å². The van der Waals surface area contributed by atoms with E-state index in [9.17, 15) is 22.8 Å². The second-order valence-electron chi connectivity index (χ2n) is 11.8. The van der Waals surface area contributed by atoms with Crippen LogP contribution in [0.5, 0.6) is 17.2 Å². The molecule has 1 saturated heterocycles. The Hall–Kier alpha value is -5.43. The topological polar surface area (TPSA) is 140 Å². The van der Waals surface area contributed by atoms with Gasteiger partial charge in [0.25, 0.3) is 17.7 Å². The van der Waals surface area contributed by atoms with Crippen molar-refractivity contribution in [1.82, 2.24) is 15.5 Å². The zero-order valence-corrected chi connectivity index (χ0v) is 27.6. The predicted octanol–water partition coefficient (Wildman–Crippen LogP) is 4.01. The summed E-state index contributed by atoms with van der Waals surface area (Å²) in [5, 5.41) is 5.72. The number of methoxy groups -OCH3 is 1. The highest BCUT2D eigenvalue weighted by atomic mass is 32.2. The fourth-order valence-corrected chi connectivity index (χ4v) is 6.51. The summed E-state index contributed by atoms with van der Waals surface area (Å²) in [6, 6.07) is 21.2. The number of rotatable bonds is 3. The van der Waals surface area contributed by atoms with Gasteiger partial charge in [0.15, 0.2) is 16.4 Å². The second kappa shape index (κ2) is 14.0. The SMILES string of the molecule is COc1cc2ccc1CNC(=O)COc1cccc(c1)-c1ccc(F)c(c1)C(=O)N[C@@H]1CN(C(=O)c3cccc(S(C)(=O)=O)c3)CC[C@@H]1O2. The lowest BCUT2D eigenvalue weighted by Crippen LogP contribution is -2.58. The molecule has 0 saturated carbocycles. The first-order valence-corrected chi connectivity index (χ1v) is 17.4. The minimum Gasteiger partial charge on any atom is -0.496 e. The number of halogens is 1. The smallest absolute Gasteiger partial charge is 0.258 e. The maximum atomic E-state index is 15.2. The molecule has 11 nitrogen and oxygen atoms in total. The molecule has 49 heavy (non-hydrogen) atoms. The normalized spacial score (nSPS) is 18.2. The van der Waals surface area contributed by atoms with Gasteiger partial charge >= 0.3 is 0 Å². The Kier molecular flexibility index (Phi) is 9.54. The molecule has 0 aromatic heterocycles. The van der Waals surface area contributed by atoms with E-state index in [0.29, 0.717) is 33.9 Å². The van der Waals surface area contributed by atoms with Gasteiger partial charge in [0.05, 0.1) is 23.6 Å². The highest BCUT2D eigenvalue weighted by molar-refractivity contribution is 7.90. The van der Waals surface area contributed by atoms with E-state index < -0.39 is 39.6 Å². The maximum Gasteiger partial charge on any atom is 0.258 e. The third kappa shape index (κ3) is 7.67. The summed E-state index contributed by atoms with van der Waals surface area (Å²) in [5.41, 5.74) is 1.83. The molecule has 4 aromatic carbocycles. The fourth-order valence-electron chi connectivity index (χ4n) is 5.84. The molecular weight excluding hydrogens is 653 g/mol. The molecule has 1 fully saturated rings. The van der Waals surface area contributed by atoms with Gasteiger partial charge in [-0.1, -0.05) is 24.3 Å². The zero-order valence-electron chi connectivity index (χ0n) is 26.8. The van der Waals surface area contributed by atoms with Crippen molar-refractivity contribution in [2.24, 2.45) is 0 Å². The lowest BCUT2D eigenvalue weighted by molar-refractivity contribution is -0.123. The van der Waals surface area contributed by atoms with E-state index in [1.807, 2.05) is 0 Å². The molecule has 4 aromatic rings. The van der Waals surface area contributed by atoms with Crippen LogP contribution in [0.2, 0.25) is 0 Å². The molecule has 3 aliphatic heterocycles. The van der Waals surface area contributed by atoms with Crippen molar-refractivity contribution >= 4 is 27.6 Å². The number of ether oxygens (including phenoxy) is 3.